The van der Waals surface area contributed by atoms with Crippen molar-refractivity contribution in [2.75, 3.05) is 19.0 Å². The number of nitrogens with one attached hydrogen (secondary N) is 1. The number of aryl methyl sites for hydroxylation is 1. The number of fused-ring (bicyclic) bond motifs is 1. The lowest BCUT2D eigenvalue weighted by atomic mass is 9.79. The summed E-state index contributed by atoms with van der Waals surface area (Å²) in [6.07, 6.45) is 2.64. The van der Waals surface area contributed by atoms with Gasteiger partial charge in [0.15, 0.2) is 5.69 Å². The molecule has 0 radical (unpaired) electrons. The Hall–Kier alpha value is -2.47. The molecule has 1 aliphatic carbocycles. The Balaban J connectivity index is 1.72. The fraction of sp³-hybridized carbons (Fsp3) is 0.353. The minimum atomic E-state index is -0.919. The van der Waals surface area contributed by atoms with Crippen molar-refractivity contribution >= 4 is 11.8 Å². The number of carbonyl (C=O) groups excluding carboxylic acids is 1. The number of methoxy groups -OCH3 is 1. The maximum Gasteiger partial charge on any atom is 0.358 e. The molecule has 0 saturated heterocycles. The first-order chi connectivity index (χ1) is 11.1. The van der Waals surface area contributed by atoms with E-state index in [1.165, 1.54) is 12.7 Å². The van der Waals surface area contributed by atoms with Crippen molar-refractivity contribution in [1.29, 1.82) is 0 Å². The first-order valence-corrected chi connectivity index (χ1v) is 7.59. The zero-order valence-electron chi connectivity index (χ0n) is 13.0. The molecule has 1 aromatic carbocycles. The molecule has 0 fully saturated rings. The topological polar surface area (TPSA) is 84.3 Å². The second-order valence-corrected chi connectivity index (χ2v) is 5.69. The van der Waals surface area contributed by atoms with Gasteiger partial charge in [-0.05, 0) is 42.5 Å². The molecule has 0 saturated carbocycles. The van der Waals surface area contributed by atoms with Crippen LogP contribution in [0.1, 0.15) is 34.5 Å². The number of carbonyl (C=O) groups is 1. The average Bonchev–Trinajstić information content (AvgIpc) is 2.60. The summed E-state index contributed by atoms with van der Waals surface area (Å²) >= 11 is 0. The highest BCUT2D eigenvalue weighted by atomic mass is 16.5. The maximum atomic E-state index is 11.3. The molecule has 1 aromatic heterocycles. The van der Waals surface area contributed by atoms with E-state index in [0.717, 1.165) is 18.4 Å². The van der Waals surface area contributed by atoms with Crippen LogP contribution in [0.25, 0.3) is 0 Å². The minimum Gasteiger partial charge on any atom is -0.464 e. The van der Waals surface area contributed by atoms with Gasteiger partial charge in [0.1, 0.15) is 11.4 Å². The fourth-order valence-electron chi connectivity index (χ4n) is 2.96. The Morgan fingerprint density at radius 3 is 2.87 bits per heavy atom. The maximum absolute atomic E-state index is 11.3. The molecule has 1 heterocycles. The van der Waals surface area contributed by atoms with Crippen LogP contribution in [-0.4, -0.2) is 34.9 Å². The van der Waals surface area contributed by atoms with Gasteiger partial charge in [0.25, 0.3) is 0 Å². The van der Waals surface area contributed by atoms with E-state index in [-0.39, 0.29) is 5.69 Å². The van der Waals surface area contributed by atoms with Crippen molar-refractivity contribution in [2.24, 2.45) is 0 Å². The van der Waals surface area contributed by atoms with E-state index in [1.807, 2.05) is 18.2 Å². The highest BCUT2D eigenvalue weighted by Gasteiger charge is 2.33. The monoisotopic (exact) mass is 313 g/mol. The minimum absolute atomic E-state index is 0.153. The van der Waals surface area contributed by atoms with Gasteiger partial charge in [-0.3, -0.25) is 0 Å². The first-order valence-electron chi connectivity index (χ1n) is 7.59. The largest absolute Gasteiger partial charge is 0.464 e. The van der Waals surface area contributed by atoms with Crippen molar-refractivity contribution < 1.29 is 14.6 Å². The zero-order valence-corrected chi connectivity index (χ0v) is 13.0. The highest BCUT2D eigenvalue weighted by molar-refractivity contribution is 5.86. The second kappa shape index (κ2) is 6.34. The van der Waals surface area contributed by atoms with Gasteiger partial charge in [-0.2, -0.15) is 0 Å². The predicted octanol–water partition coefficient (Wildman–Crippen LogP) is 1.90. The third kappa shape index (κ3) is 3.17. The second-order valence-electron chi connectivity index (χ2n) is 5.69. The van der Waals surface area contributed by atoms with Gasteiger partial charge in [0, 0.05) is 6.54 Å². The Morgan fingerprint density at radius 1 is 1.30 bits per heavy atom. The number of benzene rings is 1. The molecule has 6 heteroatoms. The normalized spacial score (nSPS) is 19.7. The van der Waals surface area contributed by atoms with Crippen LogP contribution in [0.3, 0.4) is 0 Å². The third-order valence-electron chi connectivity index (χ3n) is 4.18. The van der Waals surface area contributed by atoms with Crippen molar-refractivity contribution in [3.05, 3.63) is 53.2 Å². The van der Waals surface area contributed by atoms with Gasteiger partial charge < -0.3 is 15.2 Å². The van der Waals surface area contributed by atoms with Crippen molar-refractivity contribution in [2.45, 2.75) is 24.9 Å². The summed E-state index contributed by atoms with van der Waals surface area (Å²) in [6, 6.07) is 11.2. The highest BCUT2D eigenvalue weighted by Crippen LogP contribution is 2.35. The Kier molecular flexibility index (Phi) is 4.25. The summed E-state index contributed by atoms with van der Waals surface area (Å²) in [7, 11) is 1.30. The molecule has 1 atom stereocenters. The van der Waals surface area contributed by atoms with Crippen LogP contribution >= 0.6 is 0 Å². The standard InChI is InChI=1S/C17H19N3O3/c1-23-16(21)14-8-9-15(20-19-14)18-11-17(22)10-4-6-12-5-2-3-7-13(12)17/h2-3,5,7-9,22H,4,6,10-11H2,1H3,(H,18,20). The molecule has 6 nitrogen and oxygen atoms in total. The number of rotatable bonds is 4. The zero-order chi connectivity index (χ0) is 16.3. The lowest BCUT2D eigenvalue weighted by Gasteiger charge is -2.34. The van der Waals surface area contributed by atoms with E-state index in [2.05, 4.69) is 26.3 Å². The average molecular weight is 313 g/mol. The molecular formula is C17H19N3O3. The van der Waals surface area contributed by atoms with Crippen LogP contribution in [0.5, 0.6) is 0 Å². The van der Waals surface area contributed by atoms with Crippen LogP contribution < -0.4 is 5.32 Å². The van der Waals surface area contributed by atoms with E-state index in [9.17, 15) is 9.90 Å². The van der Waals surface area contributed by atoms with Crippen molar-refractivity contribution in [3.63, 3.8) is 0 Å². The number of aliphatic hydroxyl groups is 1. The predicted molar refractivity (Wildman–Crippen MR) is 85.1 cm³/mol. The molecule has 23 heavy (non-hydrogen) atoms. The van der Waals surface area contributed by atoms with Crippen molar-refractivity contribution in [1.82, 2.24) is 10.2 Å². The molecule has 0 bridgehead atoms. The van der Waals surface area contributed by atoms with Crippen LogP contribution in [-0.2, 0) is 16.8 Å². The molecule has 2 aromatic rings. The molecular weight excluding hydrogens is 294 g/mol. The van der Waals surface area contributed by atoms with Crippen LogP contribution in [0.2, 0.25) is 0 Å². The van der Waals surface area contributed by atoms with Gasteiger partial charge >= 0.3 is 5.97 Å². The van der Waals surface area contributed by atoms with E-state index < -0.39 is 11.6 Å². The van der Waals surface area contributed by atoms with Gasteiger partial charge in [-0.25, -0.2) is 4.79 Å². The number of hydrogen-bond donors (Lipinski definition) is 2. The van der Waals surface area contributed by atoms with Crippen LogP contribution in [0.15, 0.2) is 36.4 Å². The van der Waals surface area contributed by atoms with E-state index in [4.69, 9.17) is 0 Å². The fourth-order valence-corrected chi connectivity index (χ4v) is 2.96. The Labute approximate surface area is 134 Å². The number of anilines is 1. The lowest BCUT2D eigenvalue weighted by Crippen LogP contribution is -2.37. The summed E-state index contributed by atoms with van der Waals surface area (Å²) in [6.45, 7) is 0.344. The van der Waals surface area contributed by atoms with E-state index in [0.29, 0.717) is 18.8 Å². The van der Waals surface area contributed by atoms with Crippen molar-refractivity contribution in [3.8, 4) is 0 Å². The third-order valence-corrected chi connectivity index (χ3v) is 4.18. The number of ether oxygens (including phenoxy) is 1. The first kappa shape index (κ1) is 15.4. The summed E-state index contributed by atoms with van der Waals surface area (Å²) in [5, 5.41) is 21.8. The van der Waals surface area contributed by atoms with Gasteiger partial charge in [0.05, 0.1) is 7.11 Å². The molecule has 1 aliphatic rings. The summed E-state index contributed by atoms with van der Waals surface area (Å²) < 4.78 is 4.58. The van der Waals surface area contributed by atoms with Crippen LogP contribution in [0.4, 0.5) is 5.82 Å². The van der Waals surface area contributed by atoms with Crippen LogP contribution in [0, 0.1) is 0 Å². The Bertz CT molecular complexity index is 702. The summed E-state index contributed by atoms with van der Waals surface area (Å²) in [5.74, 6) is -0.0157. The lowest BCUT2D eigenvalue weighted by molar-refractivity contribution is 0.0322. The molecule has 0 aliphatic heterocycles. The van der Waals surface area contributed by atoms with E-state index in [1.54, 1.807) is 12.1 Å². The molecule has 2 N–H and O–H groups in total. The molecule has 120 valence electrons. The van der Waals surface area contributed by atoms with E-state index >= 15 is 0 Å². The molecule has 0 amide bonds. The number of aromatic nitrogens is 2. The van der Waals surface area contributed by atoms with Gasteiger partial charge in [-0.15, -0.1) is 10.2 Å². The molecule has 1 unspecified atom stereocenters. The Morgan fingerprint density at radius 2 is 2.13 bits per heavy atom. The molecule has 0 spiro atoms. The SMILES string of the molecule is COC(=O)c1ccc(NCC2(O)CCCc3ccccc32)nn1. The number of nitrogens with zero attached hydrogens (tertiary/aromatic N) is 2. The number of hydrogen-bond acceptors (Lipinski definition) is 6. The smallest absolute Gasteiger partial charge is 0.358 e. The summed E-state index contributed by atoms with van der Waals surface area (Å²) in [5.41, 5.74) is 1.39. The number of esters is 1. The quantitative estimate of drug-likeness (QED) is 0.839. The molecule has 3 rings (SSSR count). The van der Waals surface area contributed by atoms with Gasteiger partial charge in [-0.1, -0.05) is 24.3 Å². The van der Waals surface area contributed by atoms with Gasteiger partial charge in [0.2, 0.25) is 0 Å². The summed E-state index contributed by atoms with van der Waals surface area (Å²) in [4.78, 5) is 11.3.